The maximum Gasteiger partial charge on any atom is 0.232 e. The minimum atomic E-state index is -0.121. The molecule has 148 valence electrons. The van der Waals surface area contributed by atoms with Crippen molar-refractivity contribution in [3.8, 4) is 17.2 Å². The van der Waals surface area contributed by atoms with Crippen molar-refractivity contribution >= 4 is 22.8 Å². The van der Waals surface area contributed by atoms with E-state index < -0.39 is 0 Å². The van der Waals surface area contributed by atoms with Crippen LogP contribution in [-0.4, -0.2) is 24.1 Å². The highest BCUT2D eigenvalue weighted by Crippen LogP contribution is 2.38. The van der Waals surface area contributed by atoms with Gasteiger partial charge in [0.15, 0.2) is 5.76 Å². The fraction of sp³-hybridized carbons (Fsp3) is 0.208. The highest BCUT2D eigenvalue weighted by atomic mass is 16.5. The number of hydrogen-bond donors (Lipinski definition) is 0. The number of hydrogen-bond acceptors (Lipinski definition) is 4. The maximum atomic E-state index is 13.0. The number of Topliss-reactive ketones (excluding diaryl/α,β-unsaturated/α-hetero) is 1. The van der Waals surface area contributed by atoms with Crippen LogP contribution < -0.4 is 14.2 Å². The Morgan fingerprint density at radius 1 is 1.24 bits per heavy atom. The Hall–Kier alpha value is -3.47. The highest BCUT2D eigenvalue weighted by Gasteiger charge is 2.30. The zero-order chi connectivity index (χ0) is 20.7. The Morgan fingerprint density at radius 3 is 2.76 bits per heavy atom. The molecule has 0 amide bonds. The third-order valence-electron chi connectivity index (χ3n) is 4.94. The number of fused-ring (bicyclic) bond motifs is 2. The molecular formula is C24H23NO4. The molecule has 0 saturated carbocycles. The molecule has 0 spiro atoms. The first-order chi connectivity index (χ1) is 13.9. The number of carbonyl (C=O) groups excluding carboxylic acids is 1. The number of methoxy groups -OCH3 is 1. The van der Waals surface area contributed by atoms with E-state index in [4.69, 9.17) is 14.2 Å². The first kappa shape index (κ1) is 18.9. The third kappa shape index (κ3) is 3.40. The molecule has 0 radical (unpaired) electrons. The number of allylic oxidation sites excluding steroid dienone is 1. The van der Waals surface area contributed by atoms with Gasteiger partial charge in [-0.3, -0.25) is 4.79 Å². The fourth-order valence-electron chi connectivity index (χ4n) is 3.55. The fourth-order valence-corrected chi connectivity index (χ4v) is 3.55. The average Bonchev–Trinajstić information content (AvgIpc) is 3.17. The summed E-state index contributed by atoms with van der Waals surface area (Å²) in [5, 5.41) is 0.994. The first-order valence-corrected chi connectivity index (χ1v) is 9.36. The first-order valence-electron chi connectivity index (χ1n) is 9.36. The molecule has 0 bridgehead atoms. The normalized spacial score (nSPS) is 14.2. The van der Waals surface area contributed by atoms with Crippen molar-refractivity contribution in [1.29, 1.82) is 0 Å². The van der Waals surface area contributed by atoms with Crippen molar-refractivity contribution in [3.05, 3.63) is 71.1 Å². The highest BCUT2D eigenvalue weighted by molar-refractivity contribution is 6.16. The number of ketones is 1. The van der Waals surface area contributed by atoms with E-state index >= 15 is 0 Å². The van der Waals surface area contributed by atoms with Gasteiger partial charge in [-0.05, 0) is 55.3 Å². The predicted molar refractivity (Wildman–Crippen MR) is 114 cm³/mol. The van der Waals surface area contributed by atoms with E-state index in [1.54, 1.807) is 19.3 Å². The summed E-state index contributed by atoms with van der Waals surface area (Å²) < 4.78 is 19.0. The molecule has 2 aromatic carbocycles. The van der Waals surface area contributed by atoms with Gasteiger partial charge in [0.05, 0.1) is 12.7 Å². The van der Waals surface area contributed by atoms with Crippen LogP contribution in [-0.2, 0) is 7.05 Å². The standard InChI is InChI=1S/C24H23NO4/c1-14(2)13-28-18-8-15(3)23-21(11-18)29-22(24(23)26)9-16-12-25(4)20-7-6-17(27-5)10-19(16)20/h6-12H,1,13H2,2-5H3/b22-9-. The smallest absolute Gasteiger partial charge is 0.232 e. The average molecular weight is 389 g/mol. The summed E-state index contributed by atoms with van der Waals surface area (Å²) in [4.78, 5) is 13.0. The summed E-state index contributed by atoms with van der Waals surface area (Å²) in [5.41, 5.74) is 4.28. The molecule has 1 aliphatic rings. The summed E-state index contributed by atoms with van der Waals surface area (Å²) in [6.45, 7) is 8.06. The molecule has 0 aliphatic carbocycles. The maximum absolute atomic E-state index is 13.0. The van der Waals surface area contributed by atoms with E-state index in [1.807, 2.05) is 55.9 Å². The van der Waals surface area contributed by atoms with Crippen molar-refractivity contribution < 1.29 is 19.0 Å². The van der Waals surface area contributed by atoms with E-state index in [0.29, 0.717) is 29.4 Å². The molecule has 1 aliphatic heterocycles. The Balaban J connectivity index is 1.72. The van der Waals surface area contributed by atoms with Crippen LogP contribution in [0.2, 0.25) is 0 Å². The van der Waals surface area contributed by atoms with E-state index in [2.05, 4.69) is 6.58 Å². The van der Waals surface area contributed by atoms with Crippen LogP contribution in [0.1, 0.15) is 28.4 Å². The molecule has 4 rings (SSSR count). The number of benzene rings is 2. The van der Waals surface area contributed by atoms with Crippen molar-refractivity contribution in [2.75, 3.05) is 13.7 Å². The monoisotopic (exact) mass is 389 g/mol. The minimum Gasteiger partial charge on any atom is -0.497 e. The van der Waals surface area contributed by atoms with Gasteiger partial charge in [0.2, 0.25) is 5.78 Å². The minimum absolute atomic E-state index is 0.121. The van der Waals surface area contributed by atoms with Crippen LogP contribution in [0.5, 0.6) is 17.2 Å². The lowest BCUT2D eigenvalue weighted by Crippen LogP contribution is -2.00. The lowest BCUT2D eigenvalue weighted by molar-refractivity contribution is 0.101. The Bertz CT molecular complexity index is 1180. The molecule has 0 N–H and O–H groups in total. The van der Waals surface area contributed by atoms with Crippen LogP contribution in [0.15, 0.2) is 54.4 Å². The van der Waals surface area contributed by atoms with Gasteiger partial charge < -0.3 is 18.8 Å². The summed E-state index contributed by atoms with van der Waals surface area (Å²) in [7, 11) is 3.61. The van der Waals surface area contributed by atoms with E-state index in [9.17, 15) is 4.79 Å². The number of ether oxygens (including phenoxy) is 3. The molecule has 5 nitrogen and oxygen atoms in total. The quantitative estimate of drug-likeness (QED) is 0.452. The van der Waals surface area contributed by atoms with Crippen molar-refractivity contribution in [3.63, 3.8) is 0 Å². The molecule has 0 atom stereocenters. The molecule has 0 saturated heterocycles. The Kier molecular flexibility index (Phi) is 4.66. The Morgan fingerprint density at radius 2 is 2.03 bits per heavy atom. The second-order valence-electron chi connectivity index (χ2n) is 7.38. The SMILES string of the molecule is C=C(C)COc1cc(C)c2c(c1)O/C(=C\c1cn(C)c3ccc(OC)cc13)C2=O. The van der Waals surface area contributed by atoms with Gasteiger partial charge in [0.1, 0.15) is 23.9 Å². The zero-order valence-corrected chi connectivity index (χ0v) is 17.0. The number of rotatable bonds is 5. The van der Waals surface area contributed by atoms with Gasteiger partial charge in [0.25, 0.3) is 0 Å². The van der Waals surface area contributed by atoms with Gasteiger partial charge in [0, 0.05) is 35.8 Å². The summed E-state index contributed by atoms with van der Waals surface area (Å²) in [6, 6.07) is 9.49. The number of nitrogens with zero attached hydrogens (tertiary/aromatic N) is 1. The summed E-state index contributed by atoms with van der Waals surface area (Å²) in [5.74, 6) is 2.13. The topological polar surface area (TPSA) is 49.7 Å². The number of aryl methyl sites for hydroxylation is 2. The lowest BCUT2D eigenvalue weighted by atomic mass is 10.0. The number of aromatic nitrogens is 1. The molecule has 2 heterocycles. The van der Waals surface area contributed by atoms with Crippen LogP contribution in [0.25, 0.3) is 17.0 Å². The van der Waals surface area contributed by atoms with Crippen molar-refractivity contribution in [2.45, 2.75) is 13.8 Å². The van der Waals surface area contributed by atoms with E-state index in [-0.39, 0.29) is 5.78 Å². The van der Waals surface area contributed by atoms with E-state index in [0.717, 1.165) is 33.4 Å². The van der Waals surface area contributed by atoms with Gasteiger partial charge in [-0.2, -0.15) is 0 Å². The third-order valence-corrected chi connectivity index (χ3v) is 4.94. The second-order valence-corrected chi connectivity index (χ2v) is 7.38. The molecule has 3 aromatic rings. The van der Waals surface area contributed by atoms with Crippen LogP contribution in [0.4, 0.5) is 0 Å². The van der Waals surface area contributed by atoms with Gasteiger partial charge in [-0.15, -0.1) is 0 Å². The largest absolute Gasteiger partial charge is 0.497 e. The van der Waals surface area contributed by atoms with Crippen LogP contribution >= 0.6 is 0 Å². The number of carbonyl (C=O) groups is 1. The van der Waals surface area contributed by atoms with Crippen LogP contribution in [0.3, 0.4) is 0 Å². The molecule has 5 heteroatoms. The molecule has 29 heavy (non-hydrogen) atoms. The van der Waals surface area contributed by atoms with Gasteiger partial charge in [-0.1, -0.05) is 6.58 Å². The van der Waals surface area contributed by atoms with Crippen LogP contribution in [0, 0.1) is 6.92 Å². The van der Waals surface area contributed by atoms with Gasteiger partial charge >= 0.3 is 0 Å². The molecule has 1 aromatic heterocycles. The van der Waals surface area contributed by atoms with Crippen molar-refractivity contribution in [1.82, 2.24) is 4.57 Å². The zero-order valence-electron chi connectivity index (χ0n) is 17.0. The second kappa shape index (κ2) is 7.17. The predicted octanol–water partition coefficient (Wildman–Crippen LogP) is 5.07. The Labute approximate surface area is 169 Å². The molecule has 0 fully saturated rings. The summed E-state index contributed by atoms with van der Waals surface area (Å²) >= 11 is 0. The van der Waals surface area contributed by atoms with Crippen molar-refractivity contribution in [2.24, 2.45) is 7.05 Å². The molecule has 0 unspecified atom stereocenters. The van der Waals surface area contributed by atoms with E-state index in [1.165, 1.54) is 0 Å². The molecular weight excluding hydrogens is 366 g/mol. The summed E-state index contributed by atoms with van der Waals surface area (Å²) in [6.07, 6.45) is 3.77. The van der Waals surface area contributed by atoms with Gasteiger partial charge in [-0.25, -0.2) is 0 Å². The lowest BCUT2D eigenvalue weighted by Gasteiger charge is -2.08.